The SMILES string of the molecule is CCCCCCCCCCCCCCCNCCC(=O)O.[Na]. The summed E-state index contributed by atoms with van der Waals surface area (Å²) in [6.45, 7) is 3.84. The van der Waals surface area contributed by atoms with Gasteiger partial charge in [0, 0.05) is 36.1 Å². The van der Waals surface area contributed by atoms with Crippen molar-refractivity contribution in [3.63, 3.8) is 0 Å². The smallest absolute Gasteiger partial charge is 0.304 e. The predicted molar refractivity (Wildman–Crippen MR) is 96.6 cm³/mol. The number of carbonyl (C=O) groups is 1. The van der Waals surface area contributed by atoms with Gasteiger partial charge in [0.15, 0.2) is 0 Å². The van der Waals surface area contributed by atoms with E-state index in [1.807, 2.05) is 0 Å². The molecular weight excluding hydrogens is 285 g/mol. The molecule has 0 saturated heterocycles. The van der Waals surface area contributed by atoms with Crippen molar-refractivity contribution < 1.29 is 9.90 Å². The van der Waals surface area contributed by atoms with Crippen LogP contribution in [-0.4, -0.2) is 53.7 Å². The van der Waals surface area contributed by atoms with Gasteiger partial charge in [-0.15, -0.1) is 0 Å². The van der Waals surface area contributed by atoms with Crippen molar-refractivity contribution in [1.82, 2.24) is 5.32 Å². The van der Waals surface area contributed by atoms with Crippen molar-refractivity contribution in [3.05, 3.63) is 0 Å². The van der Waals surface area contributed by atoms with Gasteiger partial charge in [0.1, 0.15) is 0 Å². The molecule has 0 aliphatic rings. The predicted octanol–water partition coefficient (Wildman–Crippen LogP) is 4.76. The summed E-state index contributed by atoms with van der Waals surface area (Å²) in [7, 11) is 0. The average Bonchev–Trinajstić information content (AvgIpc) is 2.46. The number of carboxylic acids is 1. The monoisotopic (exact) mass is 322 g/mol. The van der Waals surface area contributed by atoms with E-state index in [1.165, 1.54) is 83.5 Å². The molecule has 1 radical (unpaired) electrons. The molecule has 0 spiro atoms. The molecule has 0 aliphatic heterocycles. The van der Waals surface area contributed by atoms with Crippen LogP contribution in [0.15, 0.2) is 0 Å². The fourth-order valence-electron chi connectivity index (χ4n) is 2.59. The van der Waals surface area contributed by atoms with Crippen LogP contribution in [0.25, 0.3) is 0 Å². The van der Waals surface area contributed by atoms with E-state index in [1.54, 1.807) is 0 Å². The molecule has 0 aromatic rings. The van der Waals surface area contributed by atoms with E-state index >= 15 is 0 Å². The van der Waals surface area contributed by atoms with Crippen LogP contribution in [-0.2, 0) is 4.79 Å². The first-order valence-corrected chi connectivity index (χ1v) is 9.20. The van der Waals surface area contributed by atoms with Gasteiger partial charge in [0.25, 0.3) is 0 Å². The van der Waals surface area contributed by atoms with Crippen LogP contribution in [0.4, 0.5) is 0 Å². The molecule has 0 saturated carbocycles. The summed E-state index contributed by atoms with van der Waals surface area (Å²) in [6.07, 6.45) is 18.1. The van der Waals surface area contributed by atoms with Gasteiger partial charge in [-0.1, -0.05) is 84.0 Å². The summed E-state index contributed by atoms with van der Waals surface area (Å²) in [4.78, 5) is 10.3. The van der Waals surface area contributed by atoms with E-state index in [0.717, 1.165) is 6.54 Å². The van der Waals surface area contributed by atoms with Crippen molar-refractivity contribution in [2.75, 3.05) is 13.1 Å². The number of rotatable bonds is 17. The van der Waals surface area contributed by atoms with Crippen LogP contribution in [0.5, 0.6) is 0 Å². The van der Waals surface area contributed by atoms with Crippen molar-refractivity contribution in [2.45, 2.75) is 96.8 Å². The van der Waals surface area contributed by atoms with E-state index in [9.17, 15) is 4.79 Å². The van der Waals surface area contributed by atoms with Gasteiger partial charge < -0.3 is 10.4 Å². The molecule has 0 bridgehead atoms. The fraction of sp³-hybridized carbons (Fsp3) is 0.944. The maximum Gasteiger partial charge on any atom is 0.304 e. The van der Waals surface area contributed by atoms with Gasteiger partial charge in [0.2, 0.25) is 0 Å². The van der Waals surface area contributed by atoms with Crippen LogP contribution < -0.4 is 5.32 Å². The molecule has 0 heterocycles. The molecule has 4 heteroatoms. The van der Waals surface area contributed by atoms with Crippen LogP contribution in [0.1, 0.15) is 96.8 Å². The number of unbranched alkanes of at least 4 members (excludes halogenated alkanes) is 12. The number of nitrogens with one attached hydrogen (secondary N) is 1. The zero-order valence-electron chi connectivity index (χ0n) is 15.2. The minimum atomic E-state index is -0.715. The van der Waals surface area contributed by atoms with Gasteiger partial charge in [-0.2, -0.15) is 0 Å². The zero-order chi connectivity index (χ0) is 15.6. The Balaban J connectivity index is 0. The molecule has 0 aromatic carbocycles. The second-order valence-electron chi connectivity index (χ2n) is 6.14. The Morgan fingerprint density at radius 2 is 1.14 bits per heavy atom. The third kappa shape index (κ3) is 22.7. The second kappa shape index (κ2) is 21.4. The summed E-state index contributed by atoms with van der Waals surface area (Å²) in [5.41, 5.74) is 0. The molecule has 3 nitrogen and oxygen atoms in total. The molecule has 0 atom stereocenters. The minimum absolute atomic E-state index is 0. The second-order valence-corrected chi connectivity index (χ2v) is 6.14. The Morgan fingerprint density at radius 3 is 1.55 bits per heavy atom. The Kier molecular flexibility index (Phi) is 24.0. The summed E-state index contributed by atoms with van der Waals surface area (Å²) in [5.74, 6) is -0.715. The number of hydrogen-bond acceptors (Lipinski definition) is 2. The molecule has 127 valence electrons. The van der Waals surface area contributed by atoms with Crippen molar-refractivity contribution in [2.24, 2.45) is 0 Å². The van der Waals surface area contributed by atoms with Crippen LogP contribution in [0.3, 0.4) is 0 Å². The van der Waals surface area contributed by atoms with Crippen LogP contribution >= 0.6 is 0 Å². The molecular formula is C18H37NNaO2. The Bertz CT molecular complexity index is 225. The quantitative estimate of drug-likeness (QED) is 0.300. The first kappa shape index (κ1) is 24.7. The zero-order valence-corrected chi connectivity index (χ0v) is 17.2. The Morgan fingerprint density at radius 1 is 0.727 bits per heavy atom. The van der Waals surface area contributed by atoms with Gasteiger partial charge in [-0.3, -0.25) is 4.79 Å². The van der Waals surface area contributed by atoms with Crippen molar-refractivity contribution in [3.8, 4) is 0 Å². The van der Waals surface area contributed by atoms with E-state index in [4.69, 9.17) is 5.11 Å². The molecule has 0 unspecified atom stereocenters. The molecule has 0 amide bonds. The van der Waals surface area contributed by atoms with Gasteiger partial charge in [0.05, 0.1) is 6.42 Å². The van der Waals surface area contributed by atoms with Crippen LogP contribution in [0.2, 0.25) is 0 Å². The van der Waals surface area contributed by atoms with Gasteiger partial charge in [-0.25, -0.2) is 0 Å². The Hall–Kier alpha value is 0.430. The Labute approximate surface area is 160 Å². The van der Waals surface area contributed by atoms with E-state index < -0.39 is 5.97 Å². The summed E-state index contributed by atoms with van der Waals surface area (Å²) >= 11 is 0. The number of aliphatic carboxylic acids is 1. The van der Waals surface area contributed by atoms with Crippen molar-refractivity contribution in [1.29, 1.82) is 0 Å². The van der Waals surface area contributed by atoms with Crippen molar-refractivity contribution >= 4 is 35.5 Å². The van der Waals surface area contributed by atoms with E-state index in [2.05, 4.69) is 12.2 Å². The third-order valence-corrected chi connectivity index (χ3v) is 3.97. The summed E-state index contributed by atoms with van der Waals surface area (Å²) in [6, 6.07) is 0. The molecule has 0 aromatic heterocycles. The summed E-state index contributed by atoms with van der Waals surface area (Å²) in [5, 5.41) is 11.7. The maximum atomic E-state index is 10.3. The molecule has 0 rings (SSSR count). The topological polar surface area (TPSA) is 49.3 Å². The molecule has 0 aliphatic carbocycles. The third-order valence-electron chi connectivity index (χ3n) is 3.97. The van der Waals surface area contributed by atoms with Gasteiger partial charge in [-0.05, 0) is 13.0 Å². The number of carboxylic acid groups (broad SMARTS) is 1. The van der Waals surface area contributed by atoms with E-state index in [0.29, 0.717) is 6.54 Å². The van der Waals surface area contributed by atoms with E-state index in [-0.39, 0.29) is 36.0 Å². The summed E-state index contributed by atoms with van der Waals surface area (Å²) < 4.78 is 0. The maximum absolute atomic E-state index is 10.3. The first-order valence-electron chi connectivity index (χ1n) is 9.20. The molecule has 0 fully saturated rings. The standard InChI is InChI=1S/C18H37NO2.Na/c1-2-3-4-5-6-7-8-9-10-11-12-13-14-16-19-17-15-18(20)21;/h19H,2-17H2,1H3,(H,20,21);. The largest absolute Gasteiger partial charge is 0.481 e. The minimum Gasteiger partial charge on any atom is -0.481 e. The normalized spacial score (nSPS) is 10.4. The van der Waals surface area contributed by atoms with Gasteiger partial charge >= 0.3 is 5.97 Å². The molecule has 22 heavy (non-hydrogen) atoms. The first-order chi connectivity index (χ1) is 10.3. The fourth-order valence-corrected chi connectivity index (χ4v) is 2.59. The van der Waals surface area contributed by atoms with Crippen LogP contribution in [0, 0.1) is 0 Å². The number of hydrogen-bond donors (Lipinski definition) is 2. The molecule has 2 N–H and O–H groups in total. The average molecular weight is 322 g/mol.